The van der Waals surface area contributed by atoms with Crippen LogP contribution in [-0.4, -0.2) is 9.78 Å². The SMILES string of the molecule is C#CCc1c(C)[nH]n(-c2cccc(C)c2)c1=O. The van der Waals surface area contributed by atoms with Gasteiger partial charge in [0, 0.05) is 12.1 Å². The summed E-state index contributed by atoms with van der Waals surface area (Å²) in [6, 6.07) is 7.77. The fourth-order valence-corrected chi connectivity index (χ4v) is 1.84. The van der Waals surface area contributed by atoms with Gasteiger partial charge in [0.2, 0.25) is 0 Å². The zero-order chi connectivity index (χ0) is 12.4. The summed E-state index contributed by atoms with van der Waals surface area (Å²) in [5, 5.41) is 3.05. The Labute approximate surface area is 100 Å². The Hall–Kier alpha value is -2.21. The van der Waals surface area contributed by atoms with Gasteiger partial charge in [-0.3, -0.25) is 9.89 Å². The van der Waals surface area contributed by atoms with Gasteiger partial charge in [0.05, 0.1) is 11.3 Å². The van der Waals surface area contributed by atoms with Crippen LogP contribution in [0.1, 0.15) is 16.8 Å². The number of aromatic nitrogens is 2. The minimum Gasteiger partial charge on any atom is -0.295 e. The van der Waals surface area contributed by atoms with Gasteiger partial charge in [-0.1, -0.05) is 12.1 Å². The average molecular weight is 226 g/mol. The van der Waals surface area contributed by atoms with Gasteiger partial charge in [-0.05, 0) is 31.5 Å². The first-order chi connectivity index (χ1) is 8.13. The summed E-state index contributed by atoms with van der Waals surface area (Å²) in [6.45, 7) is 3.85. The Morgan fingerprint density at radius 2 is 2.18 bits per heavy atom. The minimum atomic E-state index is -0.0638. The maximum atomic E-state index is 12.1. The number of aromatic amines is 1. The van der Waals surface area contributed by atoms with Crippen molar-refractivity contribution in [3.05, 3.63) is 51.4 Å². The monoisotopic (exact) mass is 226 g/mol. The Balaban J connectivity index is 2.59. The molecule has 0 aliphatic rings. The normalized spacial score (nSPS) is 10.2. The van der Waals surface area contributed by atoms with Crippen molar-refractivity contribution >= 4 is 0 Å². The van der Waals surface area contributed by atoms with Crippen molar-refractivity contribution in [2.45, 2.75) is 20.3 Å². The molecule has 0 radical (unpaired) electrons. The molecule has 0 aliphatic carbocycles. The van der Waals surface area contributed by atoms with Gasteiger partial charge in [0.15, 0.2) is 0 Å². The van der Waals surface area contributed by atoms with Crippen LogP contribution in [0.2, 0.25) is 0 Å². The molecule has 0 saturated heterocycles. The maximum Gasteiger partial charge on any atom is 0.275 e. The highest BCUT2D eigenvalue weighted by atomic mass is 16.1. The quantitative estimate of drug-likeness (QED) is 0.781. The van der Waals surface area contributed by atoms with E-state index < -0.39 is 0 Å². The second-order valence-electron chi connectivity index (χ2n) is 4.08. The number of aryl methyl sites for hydroxylation is 2. The van der Waals surface area contributed by atoms with E-state index in [-0.39, 0.29) is 5.56 Å². The molecule has 0 unspecified atom stereocenters. The van der Waals surface area contributed by atoms with E-state index in [1.807, 2.05) is 38.1 Å². The minimum absolute atomic E-state index is 0.0638. The zero-order valence-corrected chi connectivity index (χ0v) is 9.95. The van der Waals surface area contributed by atoms with E-state index in [9.17, 15) is 4.79 Å². The standard InChI is InChI=1S/C14H14N2O/c1-4-6-13-11(3)15-16(14(13)17)12-8-5-7-10(2)9-12/h1,5,7-9,15H,6H2,2-3H3. The van der Waals surface area contributed by atoms with Crippen LogP contribution < -0.4 is 5.56 Å². The molecule has 0 spiro atoms. The van der Waals surface area contributed by atoms with Gasteiger partial charge >= 0.3 is 0 Å². The molecule has 0 saturated carbocycles. The third-order valence-corrected chi connectivity index (χ3v) is 2.73. The van der Waals surface area contributed by atoms with Crippen molar-refractivity contribution < 1.29 is 0 Å². The lowest BCUT2D eigenvalue weighted by atomic mass is 10.2. The number of benzene rings is 1. The van der Waals surface area contributed by atoms with E-state index in [0.29, 0.717) is 12.0 Å². The van der Waals surface area contributed by atoms with Crippen LogP contribution >= 0.6 is 0 Å². The van der Waals surface area contributed by atoms with Crippen molar-refractivity contribution in [3.8, 4) is 18.0 Å². The molecule has 0 bridgehead atoms. The second kappa shape index (κ2) is 4.34. The predicted molar refractivity (Wildman–Crippen MR) is 68.4 cm³/mol. The Morgan fingerprint density at radius 3 is 2.82 bits per heavy atom. The Bertz CT molecular complexity index is 641. The van der Waals surface area contributed by atoms with Gasteiger partial charge in [0.1, 0.15) is 0 Å². The molecule has 0 aliphatic heterocycles. The first kappa shape index (κ1) is 11.3. The second-order valence-corrected chi connectivity index (χ2v) is 4.08. The van der Waals surface area contributed by atoms with Crippen LogP contribution in [0.15, 0.2) is 29.1 Å². The van der Waals surface area contributed by atoms with Gasteiger partial charge in [-0.15, -0.1) is 12.3 Å². The molecule has 0 amide bonds. The molecule has 1 aromatic carbocycles. The molecule has 3 nitrogen and oxygen atoms in total. The highest BCUT2D eigenvalue weighted by molar-refractivity contribution is 5.36. The van der Waals surface area contributed by atoms with E-state index in [2.05, 4.69) is 11.0 Å². The number of terminal acetylenes is 1. The molecule has 0 fully saturated rings. The predicted octanol–water partition coefficient (Wildman–Crippen LogP) is 1.96. The Morgan fingerprint density at radius 1 is 1.41 bits per heavy atom. The van der Waals surface area contributed by atoms with Crippen LogP contribution in [0.4, 0.5) is 0 Å². The van der Waals surface area contributed by atoms with E-state index in [1.165, 1.54) is 4.68 Å². The van der Waals surface area contributed by atoms with E-state index in [0.717, 1.165) is 16.9 Å². The highest BCUT2D eigenvalue weighted by Crippen LogP contribution is 2.09. The molecule has 2 rings (SSSR count). The van der Waals surface area contributed by atoms with Gasteiger partial charge in [0.25, 0.3) is 5.56 Å². The molecule has 1 aromatic heterocycles. The van der Waals surface area contributed by atoms with Crippen LogP contribution in [0, 0.1) is 26.2 Å². The van der Waals surface area contributed by atoms with E-state index in [1.54, 1.807) is 0 Å². The largest absolute Gasteiger partial charge is 0.295 e. The van der Waals surface area contributed by atoms with Crippen LogP contribution in [0.3, 0.4) is 0 Å². The molecular weight excluding hydrogens is 212 g/mol. The van der Waals surface area contributed by atoms with Gasteiger partial charge < -0.3 is 0 Å². The number of nitrogens with one attached hydrogen (secondary N) is 1. The number of rotatable bonds is 2. The third kappa shape index (κ3) is 2.02. The third-order valence-electron chi connectivity index (χ3n) is 2.73. The van der Waals surface area contributed by atoms with Crippen molar-refractivity contribution in [1.29, 1.82) is 0 Å². The number of nitrogens with zero attached hydrogens (tertiary/aromatic N) is 1. The number of hydrogen-bond donors (Lipinski definition) is 1. The first-order valence-corrected chi connectivity index (χ1v) is 5.44. The molecule has 86 valence electrons. The van der Waals surface area contributed by atoms with Crippen molar-refractivity contribution in [1.82, 2.24) is 9.78 Å². The van der Waals surface area contributed by atoms with Crippen molar-refractivity contribution in [2.24, 2.45) is 0 Å². The summed E-state index contributed by atoms with van der Waals surface area (Å²) in [6.07, 6.45) is 5.62. The van der Waals surface area contributed by atoms with Crippen LogP contribution in [-0.2, 0) is 6.42 Å². The summed E-state index contributed by atoms with van der Waals surface area (Å²) < 4.78 is 1.54. The summed E-state index contributed by atoms with van der Waals surface area (Å²) in [7, 11) is 0. The summed E-state index contributed by atoms with van der Waals surface area (Å²) in [5.41, 5.74) is 3.37. The number of hydrogen-bond acceptors (Lipinski definition) is 1. The van der Waals surface area contributed by atoms with E-state index >= 15 is 0 Å². The topological polar surface area (TPSA) is 37.8 Å². The van der Waals surface area contributed by atoms with Crippen LogP contribution in [0.5, 0.6) is 0 Å². The van der Waals surface area contributed by atoms with Crippen molar-refractivity contribution in [3.63, 3.8) is 0 Å². The van der Waals surface area contributed by atoms with Gasteiger partial charge in [-0.25, -0.2) is 4.68 Å². The first-order valence-electron chi connectivity index (χ1n) is 5.44. The molecule has 1 heterocycles. The van der Waals surface area contributed by atoms with Gasteiger partial charge in [-0.2, -0.15) is 0 Å². The molecule has 2 aromatic rings. The summed E-state index contributed by atoms with van der Waals surface area (Å²) >= 11 is 0. The maximum absolute atomic E-state index is 12.1. The zero-order valence-electron chi connectivity index (χ0n) is 9.95. The number of H-pyrrole nitrogens is 1. The molecular formula is C14H14N2O. The lowest BCUT2D eigenvalue weighted by Crippen LogP contribution is -2.17. The fourth-order valence-electron chi connectivity index (χ4n) is 1.84. The average Bonchev–Trinajstić information content (AvgIpc) is 2.57. The lowest BCUT2D eigenvalue weighted by molar-refractivity contribution is 0.834. The van der Waals surface area contributed by atoms with Crippen molar-refractivity contribution in [2.75, 3.05) is 0 Å². The summed E-state index contributed by atoms with van der Waals surface area (Å²) in [4.78, 5) is 12.1. The molecule has 17 heavy (non-hydrogen) atoms. The van der Waals surface area contributed by atoms with Crippen LogP contribution in [0.25, 0.3) is 5.69 Å². The highest BCUT2D eigenvalue weighted by Gasteiger charge is 2.10. The van der Waals surface area contributed by atoms with E-state index in [4.69, 9.17) is 6.42 Å². The Kier molecular flexibility index (Phi) is 2.88. The molecule has 1 N–H and O–H groups in total. The fraction of sp³-hybridized carbons (Fsp3) is 0.214. The molecule has 0 atom stereocenters. The lowest BCUT2D eigenvalue weighted by Gasteiger charge is -2.02. The summed E-state index contributed by atoms with van der Waals surface area (Å²) in [5.74, 6) is 2.51. The molecule has 3 heteroatoms. The smallest absolute Gasteiger partial charge is 0.275 e.